The Morgan fingerprint density at radius 2 is 1.83 bits per heavy atom. The van der Waals surface area contributed by atoms with E-state index in [0.717, 1.165) is 31.5 Å². The third-order valence-corrected chi connectivity index (χ3v) is 5.28. The van der Waals surface area contributed by atoms with Crippen LogP contribution in [0.1, 0.15) is 60.6 Å². The summed E-state index contributed by atoms with van der Waals surface area (Å²) in [6.45, 7) is 5.74. The van der Waals surface area contributed by atoms with Crippen molar-refractivity contribution in [3.63, 3.8) is 0 Å². The maximum absolute atomic E-state index is 11.3. The zero-order chi connectivity index (χ0) is 21.2. The Kier molecular flexibility index (Phi) is 9.13. The zero-order valence-corrected chi connectivity index (χ0v) is 18.3. The number of aromatic nitrogens is 1. The number of hydrogen-bond acceptors (Lipinski definition) is 5. The van der Waals surface area contributed by atoms with Crippen molar-refractivity contribution in [1.29, 1.82) is 0 Å². The number of esters is 1. The van der Waals surface area contributed by atoms with E-state index < -0.39 is 0 Å². The maximum Gasteiger partial charge on any atom is 0.306 e. The van der Waals surface area contributed by atoms with Gasteiger partial charge in [0, 0.05) is 18.8 Å². The lowest BCUT2D eigenvalue weighted by Crippen LogP contribution is -2.21. The monoisotopic (exact) mass is 397 g/mol. The van der Waals surface area contributed by atoms with Crippen molar-refractivity contribution in [2.75, 3.05) is 26.4 Å². The third-order valence-electron chi connectivity index (χ3n) is 5.28. The second-order valence-corrected chi connectivity index (χ2v) is 7.79. The third kappa shape index (κ3) is 7.50. The SMILES string of the molecule is CCCCCc1cc(Cc2ccc(CN(C)CCC(=O)OC)cc2)c(C)nc1N. The predicted molar refractivity (Wildman–Crippen MR) is 119 cm³/mol. The molecule has 0 aliphatic heterocycles. The number of anilines is 1. The van der Waals surface area contributed by atoms with Gasteiger partial charge in [-0.05, 0) is 55.5 Å². The minimum Gasteiger partial charge on any atom is -0.469 e. The van der Waals surface area contributed by atoms with Crippen LogP contribution in [0.2, 0.25) is 0 Å². The number of pyridine rings is 1. The Balaban J connectivity index is 1.98. The summed E-state index contributed by atoms with van der Waals surface area (Å²) < 4.78 is 4.70. The quantitative estimate of drug-likeness (QED) is 0.452. The normalized spacial score (nSPS) is 11.1. The Labute approximate surface area is 175 Å². The lowest BCUT2D eigenvalue weighted by molar-refractivity contribution is -0.140. The average molecular weight is 398 g/mol. The van der Waals surface area contributed by atoms with Gasteiger partial charge in [-0.2, -0.15) is 0 Å². The molecule has 1 aromatic carbocycles. The van der Waals surface area contributed by atoms with Crippen LogP contribution in [0.3, 0.4) is 0 Å². The maximum atomic E-state index is 11.3. The molecule has 0 amide bonds. The summed E-state index contributed by atoms with van der Waals surface area (Å²) in [4.78, 5) is 18.0. The molecule has 0 spiro atoms. The van der Waals surface area contributed by atoms with Crippen molar-refractivity contribution in [3.05, 3.63) is 58.3 Å². The van der Waals surface area contributed by atoms with Crippen molar-refractivity contribution in [2.24, 2.45) is 0 Å². The van der Waals surface area contributed by atoms with Gasteiger partial charge in [0.2, 0.25) is 0 Å². The average Bonchev–Trinajstić information content (AvgIpc) is 2.71. The van der Waals surface area contributed by atoms with Gasteiger partial charge < -0.3 is 15.4 Å². The molecular formula is C24H35N3O2. The van der Waals surface area contributed by atoms with Gasteiger partial charge in [0.1, 0.15) is 5.82 Å². The standard InChI is InChI=1S/C24H35N3O2/c1-5-6-7-8-21-16-22(18(2)26-24(21)25)15-19-9-11-20(12-10-19)17-27(3)14-13-23(28)29-4/h9-12,16H,5-8,13-15,17H2,1-4H3,(H2,25,26). The van der Waals surface area contributed by atoms with E-state index in [4.69, 9.17) is 10.5 Å². The van der Waals surface area contributed by atoms with E-state index in [1.54, 1.807) is 0 Å². The first kappa shape index (κ1) is 22.9. The molecule has 0 unspecified atom stereocenters. The fourth-order valence-electron chi connectivity index (χ4n) is 3.41. The molecule has 0 radical (unpaired) electrons. The number of carbonyl (C=O) groups is 1. The fourth-order valence-corrected chi connectivity index (χ4v) is 3.41. The number of nitrogens with zero attached hydrogens (tertiary/aromatic N) is 2. The molecule has 1 heterocycles. The molecule has 0 saturated heterocycles. The lowest BCUT2D eigenvalue weighted by atomic mass is 9.99. The smallest absolute Gasteiger partial charge is 0.306 e. The number of benzene rings is 1. The van der Waals surface area contributed by atoms with Gasteiger partial charge in [-0.15, -0.1) is 0 Å². The van der Waals surface area contributed by atoms with Gasteiger partial charge in [0.25, 0.3) is 0 Å². The predicted octanol–water partition coefficient (Wildman–Crippen LogP) is 4.29. The molecule has 1 aromatic heterocycles. The van der Waals surface area contributed by atoms with E-state index in [1.165, 1.54) is 42.2 Å². The van der Waals surface area contributed by atoms with E-state index in [-0.39, 0.29) is 5.97 Å². The summed E-state index contributed by atoms with van der Waals surface area (Å²) in [6.07, 6.45) is 5.85. The van der Waals surface area contributed by atoms with Gasteiger partial charge >= 0.3 is 5.97 Å². The van der Waals surface area contributed by atoms with Crippen LogP contribution in [0.25, 0.3) is 0 Å². The van der Waals surface area contributed by atoms with Crippen LogP contribution < -0.4 is 5.73 Å². The second kappa shape index (κ2) is 11.6. The number of hydrogen-bond donors (Lipinski definition) is 1. The fraction of sp³-hybridized carbons (Fsp3) is 0.500. The van der Waals surface area contributed by atoms with Crippen LogP contribution in [-0.4, -0.2) is 36.6 Å². The van der Waals surface area contributed by atoms with E-state index in [9.17, 15) is 4.79 Å². The van der Waals surface area contributed by atoms with Crippen molar-refractivity contribution in [2.45, 2.75) is 58.9 Å². The molecule has 0 fully saturated rings. The molecule has 2 rings (SSSR count). The van der Waals surface area contributed by atoms with Crippen LogP contribution in [0, 0.1) is 6.92 Å². The first-order valence-electron chi connectivity index (χ1n) is 10.5. The summed E-state index contributed by atoms with van der Waals surface area (Å²) in [6, 6.07) is 10.9. The van der Waals surface area contributed by atoms with Crippen LogP contribution in [0.4, 0.5) is 5.82 Å². The first-order chi connectivity index (χ1) is 13.9. The van der Waals surface area contributed by atoms with Crippen molar-refractivity contribution < 1.29 is 9.53 Å². The summed E-state index contributed by atoms with van der Waals surface area (Å²) >= 11 is 0. The van der Waals surface area contributed by atoms with Gasteiger partial charge in [-0.25, -0.2) is 4.98 Å². The molecule has 158 valence electrons. The van der Waals surface area contributed by atoms with E-state index in [0.29, 0.717) is 18.8 Å². The largest absolute Gasteiger partial charge is 0.469 e. The number of nitrogens with two attached hydrogens (primary N) is 1. The Morgan fingerprint density at radius 3 is 2.48 bits per heavy atom. The van der Waals surface area contributed by atoms with E-state index in [2.05, 4.69) is 47.1 Å². The highest BCUT2D eigenvalue weighted by Crippen LogP contribution is 2.21. The van der Waals surface area contributed by atoms with Crippen LogP contribution in [0.5, 0.6) is 0 Å². The van der Waals surface area contributed by atoms with Crippen LogP contribution in [0.15, 0.2) is 30.3 Å². The topological polar surface area (TPSA) is 68.5 Å². The Bertz CT molecular complexity index is 787. The van der Waals surface area contributed by atoms with Gasteiger partial charge in [-0.1, -0.05) is 50.1 Å². The number of nitrogen functional groups attached to an aromatic ring is 1. The highest BCUT2D eigenvalue weighted by Gasteiger charge is 2.09. The molecule has 0 bridgehead atoms. The molecule has 5 heteroatoms. The number of rotatable bonds is 11. The molecule has 2 N–H and O–H groups in total. The summed E-state index contributed by atoms with van der Waals surface area (Å²) in [7, 11) is 3.44. The minimum absolute atomic E-state index is 0.172. The Hall–Kier alpha value is -2.40. The van der Waals surface area contributed by atoms with Crippen molar-refractivity contribution in [3.8, 4) is 0 Å². The summed E-state index contributed by atoms with van der Waals surface area (Å²) in [5, 5.41) is 0. The van der Waals surface area contributed by atoms with Gasteiger partial charge in [0.15, 0.2) is 0 Å². The number of unbranched alkanes of at least 4 members (excludes halogenated alkanes) is 2. The molecule has 0 aliphatic carbocycles. The van der Waals surface area contributed by atoms with E-state index in [1.807, 2.05) is 14.0 Å². The Morgan fingerprint density at radius 1 is 1.14 bits per heavy atom. The first-order valence-corrected chi connectivity index (χ1v) is 10.5. The number of carbonyl (C=O) groups excluding carboxylic acids is 1. The molecule has 5 nitrogen and oxygen atoms in total. The second-order valence-electron chi connectivity index (χ2n) is 7.79. The summed E-state index contributed by atoms with van der Waals surface area (Å²) in [5.41, 5.74) is 12.1. The minimum atomic E-state index is -0.172. The highest BCUT2D eigenvalue weighted by molar-refractivity contribution is 5.69. The van der Waals surface area contributed by atoms with Crippen LogP contribution in [-0.2, 0) is 28.9 Å². The van der Waals surface area contributed by atoms with E-state index >= 15 is 0 Å². The summed E-state index contributed by atoms with van der Waals surface area (Å²) in [5.74, 6) is 0.501. The highest BCUT2D eigenvalue weighted by atomic mass is 16.5. The molecule has 0 atom stereocenters. The van der Waals surface area contributed by atoms with Crippen molar-refractivity contribution >= 4 is 11.8 Å². The van der Waals surface area contributed by atoms with Crippen molar-refractivity contribution in [1.82, 2.24) is 9.88 Å². The molecule has 0 saturated carbocycles. The van der Waals surface area contributed by atoms with Crippen LogP contribution >= 0.6 is 0 Å². The van der Waals surface area contributed by atoms with Gasteiger partial charge in [0.05, 0.1) is 13.5 Å². The molecule has 29 heavy (non-hydrogen) atoms. The molecular weight excluding hydrogens is 362 g/mol. The number of methoxy groups -OCH3 is 1. The number of aryl methyl sites for hydroxylation is 2. The molecule has 2 aromatic rings. The lowest BCUT2D eigenvalue weighted by Gasteiger charge is -2.16. The number of ether oxygens (including phenoxy) is 1. The molecule has 0 aliphatic rings. The zero-order valence-electron chi connectivity index (χ0n) is 18.3. The van der Waals surface area contributed by atoms with Gasteiger partial charge in [-0.3, -0.25) is 4.79 Å².